The average molecular weight is 263 g/mol. The highest BCUT2D eigenvalue weighted by molar-refractivity contribution is 5.57. The first-order valence-corrected chi connectivity index (χ1v) is 5.45. The molecule has 1 heterocycles. The summed E-state index contributed by atoms with van der Waals surface area (Å²) in [5, 5.41) is 10.8. The second-order valence-electron chi connectivity index (χ2n) is 3.58. The van der Waals surface area contributed by atoms with Crippen molar-refractivity contribution < 1.29 is 13.5 Å². The molecule has 0 spiro atoms. The number of benzene rings is 1. The maximum Gasteiger partial charge on any atom is 0.387 e. The van der Waals surface area contributed by atoms with Crippen molar-refractivity contribution in [3.8, 4) is 5.75 Å². The molecule has 0 aliphatic heterocycles. The fraction of sp³-hybridized carbons (Fsp3) is 0.0769. The lowest BCUT2D eigenvalue weighted by atomic mass is 10.3. The minimum Gasteiger partial charge on any atom is -0.435 e. The van der Waals surface area contributed by atoms with Gasteiger partial charge in [0.15, 0.2) is 5.82 Å². The monoisotopic (exact) mass is 263 g/mol. The first kappa shape index (κ1) is 12.9. The number of hydrogen-bond donors (Lipinski definition) is 1. The molecule has 0 atom stereocenters. The van der Waals surface area contributed by atoms with Crippen molar-refractivity contribution in [1.82, 2.24) is 10.2 Å². The summed E-state index contributed by atoms with van der Waals surface area (Å²) in [6.45, 7) is 0.757. The molecule has 2 aromatic rings. The fourth-order valence-corrected chi connectivity index (χ4v) is 1.39. The zero-order valence-corrected chi connectivity index (χ0v) is 9.88. The molecular weight excluding hydrogens is 252 g/mol. The van der Waals surface area contributed by atoms with Gasteiger partial charge in [-0.2, -0.15) is 8.78 Å². The number of nitrogens with one attached hydrogen (secondary N) is 1. The molecule has 0 aliphatic rings. The van der Waals surface area contributed by atoms with E-state index in [9.17, 15) is 8.78 Å². The molecule has 0 fully saturated rings. The summed E-state index contributed by atoms with van der Waals surface area (Å²) in [6, 6.07) is 9.62. The van der Waals surface area contributed by atoms with Crippen molar-refractivity contribution in [1.29, 1.82) is 0 Å². The largest absolute Gasteiger partial charge is 0.435 e. The van der Waals surface area contributed by atoms with Gasteiger partial charge >= 0.3 is 6.61 Å². The second-order valence-corrected chi connectivity index (χ2v) is 3.58. The van der Waals surface area contributed by atoms with Crippen LogP contribution in [0.25, 0.3) is 6.08 Å². The summed E-state index contributed by atoms with van der Waals surface area (Å²) in [5.74, 6) is 0.654. The third-order valence-corrected chi connectivity index (χ3v) is 2.25. The Morgan fingerprint density at radius 1 is 1.11 bits per heavy atom. The maximum absolute atomic E-state index is 12.0. The zero-order valence-electron chi connectivity index (χ0n) is 9.88. The van der Waals surface area contributed by atoms with Gasteiger partial charge in [0.25, 0.3) is 0 Å². The zero-order chi connectivity index (χ0) is 13.7. The van der Waals surface area contributed by atoms with Crippen LogP contribution in [0.5, 0.6) is 5.75 Å². The van der Waals surface area contributed by atoms with Crippen LogP contribution in [-0.4, -0.2) is 16.8 Å². The van der Waals surface area contributed by atoms with Gasteiger partial charge in [-0.15, -0.1) is 10.2 Å². The standard InChI is InChI=1S/C13H11F2N3O/c1-2-9-5-8-12(18-17-9)16-10-3-6-11(7-4-10)19-13(14)15/h2-8,13H,1H2,(H,16,18). The highest BCUT2D eigenvalue weighted by Crippen LogP contribution is 2.20. The predicted molar refractivity (Wildman–Crippen MR) is 68.5 cm³/mol. The lowest BCUT2D eigenvalue weighted by Gasteiger charge is -2.07. The highest BCUT2D eigenvalue weighted by atomic mass is 19.3. The van der Waals surface area contributed by atoms with Crippen molar-refractivity contribution >= 4 is 17.6 Å². The van der Waals surface area contributed by atoms with Crippen LogP contribution < -0.4 is 10.1 Å². The SMILES string of the molecule is C=Cc1ccc(Nc2ccc(OC(F)F)cc2)nn1. The molecular formula is C13H11F2N3O. The molecule has 0 saturated carbocycles. The van der Waals surface area contributed by atoms with Crippen molar-refractivity contribution in [2.45, 2.75) is 6.61 Å². The summed E-state index contributed by atoms with van der Waals surface area (Å²) in [4.78, 5) is 0. The molecule has 0 bridgehead atoms. The summed E-state index contributed by atoms with van der Waals surface area (Å²) < 4.78 is 28.2. The van der Waals surface area contributed by atoms with Gasteiger partial charge < -0.3 is 10.1 Å². The third kappa shape index (κ3) is 3.74. The van der Waals surface area contributed by atoms with Gasteiger partial charge in [0.05, 0.1) is 5.69 Å². The molecule has 0 radical (unpaired) electrons. The summed E-state index contributed by atoms with van der Waals surface area (Å²) >= 11 is 0. The maximum atomic E-state index is 12.0. The van der Waals surface area contributed by atoms with E-state index in [4.69, 9.17) is 0 Å². The Bertz CT molecular complexity index is 541. The molecule has 6 heteroatoms. The molecule has 1 aromatic heterocycles. The fourth-order valence-electron chi connectivity index (χ4n) is 1.39. The summed E-state index contributed by atoms with van der Waals surface area (Å²) in [5.41, 5.74) is 1.37. The van der Waals surface area contributed by atoms with Crippen LogP contribution in [0.4, 0.5) is 20.3 Å². The van der Waals surface area contributed by atoms with Crippen LogP contribution >= 0.6 is 0 Å². The number of halogens is 2. The Labute approximate surface area is 108 Å². The number of aromatic nitrogens is 2. The van der Waals surface area contributed by atoms with Gasteiger partial charge in [0, 0.05) is 5.69 Å². The number of ether oxygens (including phenoxy) is 1. The van der Waals surface area contributed by atoms with E-state index in [0.29, 0.717) is 17.2 Å². The number of rotatable bonds is 5. The molecule has 0 aliphatic carbocycles. The molecule has 19 heavy (non-hydrogen) atoms. The number of nitrogens with zero attached hydrogens (tertiary/aromatic N) is 2. The van der Waals surface area contributed by atoms with Gasteiger partial charge in [-0.3, -0.25) is 0 Å². The normalized spacial score (nSPS) is 10.3. The summed E-state index contributed by atoms with van der Waals surface area (Å²) in [7, 11) is 0. The van der Waals surface area contributed by atoms with E-state index in [1.165, 1.54) is 12.1 Å². The van der Waals surface area contributed by atoms with Gasteiger partial charge in [-0.05, 0) is 42.5 Å². The second kappa shape index (κ2) is 5.90. The van der Waals surface area contributed by atoms with E-state index in [-0.39, 0.29) is 5.75 Å². The number of hydrogen-bond acceptors (Lipinski definition) is 4. The van der Waals surface area contributed by atoms with Gasteiger partial charge in [0.1, 0.15) is 5.75 Å². The molecule has 2 rings (SSSR count). The topological polar surface area (TPSA) is 47.0 Å². The average Bonchev–Trinajstić information content (AvgIpc) is 2.41. The highest BCUT2D eigenvalue weighted by Gasteiger charge is 2.04. The van der Waals surface area contributed by atoms with Crippen molar-refractivity contribution in [2.75, 3.05) is 5.32 Å². The van der Waals surface area contributed by atoms with E-state index >= 15 is 0 Å². The van der Waals surface area contributed by atoms with E-state index < -0.39 is 6.61 Å². The Hall–Kier alpha value is -2.50. The van der Waals surface area contributed by atoms with Crippen LogP contribution in [0.15, 0.2) is 43.0 Å². The Morgan fingerprint density at radius 2 is 1.84 bits per heavy atom. The van der Waals surface area contributed by atoms with Crippen LogP contribution in [0.3, 0.4) is 0 Å². The predicted octanol–water partition coefficient (Wildman–Crippen LogP) is 3.46. The number of anilines is 2. The lowest BCUT2D eigenvalue weighted by Crippen LogP contribution is -2.02. The molecule has 0 saturated heterocycles. The third-order valence-electron chi connectivity index (χ3n) is 2.25. The van der Waals surface area contributed by atoms with Gasteiger partial charge in [-0.25, -0.2) is 0 Å². The lowest BCUT2D eigenvalue weighted by molar-refractivity contribution is -0.0498. The van der Waals surface area contributed by atoms with E-state index in [1.54, 1.807) is 30.3 Å². The van der Waals surface area contributed by atoms with Crippen molar-refractivity contribution in [2.24, 2.45) is 0 Å². The quantitative estimate of drug-likeness (QED) is 0.897. The molecule has 1 N–H and O–H groups in total. The molecule has 0 unspecified atom stereocenters. The van der Waals surface area contributed by atoms with Crippen LogP contribution in [0.2, 0.25) is 0 Å². The minimum absolute atomic E-state index is 0.105. The van der Waals surface area contributed by atoms with E-state index in [2.05, 4.69) is 26.8 Å². The van der Waals surface area contributed by atoms with Crippen LogP contribution in [0.1, 0.15) is 5.69 Å². The first-order valence-electron chi connectivity index (χ1n) is 5.45. The Balaban J connectivity index is 2.04. The Morgan fingerprint density at radius 3 is 2.37 bits per heavy atom. The van der Waals surface area contributed by atoms with E-state index in [1.807, 2.05) is 0 Å². The van der Waals surface area contributed by atoms with Crippen molar-refractivity contribution in [3.63, 3.8) is 0 Å². The van der Waals surface area contributed by atoms with Gasteiger partial charge in [0.2, 0.25) is 0 Å². The van der Waals surface area contributed by atoms with Gasteiger partial charge in [-0.1, -0.05) is 6.58 Å². The summed E-state index contributed by atoms with van der Waals surface area (Å²) in [6.07, 6.45) is 1.59. The molecule has 4 nitrogen and oxygen atoms in total. The first-order chi connectivity index (χ1) is 9.17. The Kier molecular flexibility index (Phi) is 4.02. The van der Waals surface area contributed by atoms with Crippen molar-refractivity contribution in [3.05, 3.63) is 48.7 Å². The smallest absolute Gasteiger partial charge is 0.387 e. The molecule has 1 aromatic carbocycles. The molecule has 98 valence electrons. The van der Waals surface area contributed by atoms with Crippen LogP contribution in [-0.2, 0) is 0 Å². The van der Waals surface area contributed by atoms with Crippen LogP contribution in [0, 0.1) is 0 Å². The molecule has 0 amide bonds. The number of alkyl halides is 2. The minimum atomic E-state index is -2.82. The van der Waals surface area contributed by atoms with E-state index in [0.717, 1.165) is 0 Å².